The second-order valence-corrected chi connectivity index (χ2v) is 4.89. The molecule has 0 spiro atoms. The molecule has 2 aromatic carbocycles. The second-order valence-electron chi connectivity index (χ2n) is 4.89. The summed E-state index contributed by atoms with van der Waals surface area (Å²) in [6.45, 7) is 0. The summed E-state index contributed by atoms with van der Waals surface area (Å²) in [6, 6.07) is 24.3. The average Bonchev–Trinajstić information content (AvgIpc) is 3.00. The summed E-state index contributed by atoms with van der Waals surface area (Å²) in [5, 5.41) is 8.52. The number of aromatic nitrogens is 3. The van der Waals surface area contributed by atoms with E-state index in [2.05, 4.69) is 28.4 Å². The van der Waals surface area contributed by atoms with Gasteiger partial charge in [0.05, 0.1) is 22.6 Å². The van der Waals surface area contributed by atoms with E-state index < -0.39 is 0 Å². The highest BCUT2D eigenvalue weighted by atomic mass is 15.1. The number of hydrogen-bond donors (Lipinski definition) is 1. The lowest BCUT2D eigenvalue weighted by Gasteiger charge is -2.03. The number of nitrogens with zero attached hydrogens (tertiary/aromatic N) is 2. The molecule has 1 N–H and O–H groups in total. The van der Waals surface area contributed by atoms with Gasteiger partial charge in [-0.15, -0.1) is 0 Å². The number of H-pyrrole nitrogens is 1. The molecule has 2 aromatic heterocycles. The van der Waals surface area contributed by atoms with Crippen molar-refractivity contribution in [3.63, 3.8) is 0 Å². The molecule has 0 aliphatic rings. The number of benzene rings is 2. The summed E-state index contributed by atoms with van der Waals surface area (Å²) in [5.74, 6) is 0. The van der Waals surface area contributed by atoms with E-state index in [1.807, 2.05) is 54.6 Å². The van der Waals surface area contributed by atoms with Gasteiger partial charge in [0.15, 0.2) is 0 Å². The Morgan fingerprint density at radius 1 is 0.667 bits per heavy atom. The minimum absolute atomic E-state index is 0.907. The first-order valence-electron chi connectivity index (χ1n) is 6.88. The van der Waals surface area contributed by atoms with Crippen LogP contribution in [0.2, 0.25) is 0 Å². The zero-order valence-electron chi connectivity index (χ0n) is 11.3. The second kappa shape index (κ2) is 4.87. The third-order valence-electron chi connectivity index (χ3n) is 3.54. The molecule has 3 nitrogen and oxygen atoms in total. The number of hydrogen-bond acceptors (Lipinski definition) is 2. The van der Waals surface area contributed by atoms with E-state index in [-0.39, 0.29) is 0 Å². The third-order valence-corrected chi connectivity index (χ3v) is 3.54. The van der Waals surface area contributed by atoms with Gasteiger partial charge in [-0.2, -0.15) is 5.10 Å². The summed E-state index contributed by atoms with van der Waals surface area (Å²) >= 11 is 0. The molecule has 0 fully saturated rings. The number of para-hydroxylation sites is 1. The predicted molar refractivity (Wildman–Crippen MR) is 84.8 cm³/mol. The number of rotatable bonds is 2. The first-order chi connectivity index (χ1) is 10.4. The lowest BCUT2D eigenvalue weighted by molar-refractivity contribution is 1.11. The van der Waals surface area contributed by atoms with Crippen molar-refractivity contribution < 1.29 is 0 Å². The Hall–Kier alpha value is -2.94. The largest absolute Gasteiger partial charge is 0.275 e. The number of aromatic amines is 1. The number of nitrogens with one attached hydrogen (secondary N) is 1. The van der Waals surface area contributed by atoms with Crippen LogP contribution in [0, 0.1) is 0 Å². The Bertz CT molecular complexity index is 894. The standard InChI is InChI=1S/C18H13N3/c1-2-7-13(8-3-1)15-11-6-12-17(19-15)18-14-9-4-5-10-16(14)20-21-18/h1-12H,(H,20,21). The highest BCUT2D eigenvalue weighted by molar-refractivity contribution is 5.92. The fourth-order valence-corrected chi connectivity index (χ4v) is 2.50. The van der Waals surface area contributed by atoms with E-state index >= 15 is 0 Å². The van der Waals surface area contributed by atoms with Crippen LogP contribution < -0.4 is 0 Å². The van der Waals surface area contributed by atoms with Crippen molar-refractivity contribution >= 4 is 10.9 Å². The van der Waals surface area contributed by atoms with Crippen molar-refractivity contribution in [1.82, 2.24) is 15.2 Å². The molecule has 0 atom stereocenters. The minimum atomic E-state index is 0.907. The summed E-state index contributed by atoms with van der Waals surface area (Å²) in [6.07, 6.45) is 0. The summed E-state index contributed by atoms with van der Waals surface area (Å²) < 4.78 is 0. The van der Waals surface area contributed by atoms with Crippen LogP contribution in [0.5, 0.6) is 0 Å². The van der Waals surface area contributed by atoms with Gasteiger partial charge < -0.3 is 0 Å². The molecule has 100 valence electrons. The Morgan fingerprint density at radius 2 is 1.43 bits per heavy atom. The maximum Gasteiger partial charge on any atom is 0.0928 e. The molecule has 21 heavy (non-hydrogen) atoms. The van der Waals surface area contributed by atoms with Crippen LogP contribution in [0.3, 0.4) is 0 Å². The van der Waals surface area contributed by atoms with Crippen molar-refractivity contribution in [3.05, 3.63) is 72.8 Å². The Balaban J connectivity index is 1.87. The van der Waals surface area contributed by atoms with Gasteiger partial charge in [0.25, 0.3) is 0 Å². The van der Waals surface area contributed by atoms with Gasteiger partial charge in [-0.05, 0) is 18.2 Å². The molecule has 0 aliphatic carbocycles. The lowest BCUT2D eigenvalue weighted by atomic mass is 10.1. The highest BCUT2D eigenvalue weighted by Gasteiger charge is 2.09. The zero-order valence-corrected chi connectivity index (χ0v) is 11.3. The highest BCUT2D eigenvalue weighted by Crippen LogP contribution is 2.26. The summed E-state index contributed by atoms with van der Waals surface area (Å²) in [5.41, 5.74) is 4.91. The fourth-order valence-electron chi connectivity index (χ4n) is 2.50. The molecule has 0 saturated carbocycles. The van der Waals surface area contributed by atoms with E-state index in [1.54, 1.807) is 0 Å². The van der Waals surface area contributed by atoms with Gasteiger partial charge in [0.2, 0.25) is 0 Å². The molecule has 0 unspecified atom stereocenters. The van der Waals surface area contributed by atoms with Crippen LogP contribution in [0.1, 0.15) is 0 Å². The van der Waals surface area contributed by atoms with Crippen LogP contribution >= 0.6 is 0 Å². The van der Waals surface area contributed by atoms with Crippen molar-refractivity contribution in [2.45, 2.75) is 0 Å². The first kappa shape index (κ1) is 11.9. The Morgan fingerprint density at radius 3 is 2.33 bits per heavy atom. The van der Waals surface area contributed by atoms with E-state index in [0.717, 1.165) is 33.5 Å². The molecule has 0 aliphatic heterocycles. The van der Waals surface area contributed by atoms with Crippen LogP contribution in [-0.4, -0.2) is 15.2 Å². The van der Waals surface area contributed by atoms with Crippen LogP contribution in [-0.2, 0) is 0 Å². The van der Waals surface area contributed by atoms with Gasteiger partial charge in [0.1, 0.15) is 0 Å². The smallest absolute Gasteiger partial charge is 0.0928 e. The van der Waals surface area contributed by atoms with Gasteiger partial charge in [-0.3, -0.25) is 5.10 Å². The topological polar surface area (TPSA) is 41.6 Å². The molecular formula is C18H13N3. The Labute approximate surface area is 122 Å². The molecule has 2 heterocycles. The first-order valence-corrected chi connectivity index (χ1v) is 6.88. The van der Waals surface area contributed by atoms with Crippen LogP contribution in [0.15, 0.2) is 72.8 Å². The third kappa shape index (κ3) is 2.09. The van der Waals surface area contributed by atoms with E-state index in [0.29, 0.717) is 0 Å². The van der Waals surface area contributed by atoms with Crippen molar-refractivity contribution in [2.24, 2.45) is 0 Å². The predicted octanol–water partition coefficient (Wildman–Crippen LogP) is 4.29. The molecule has 3 heteroatoms. The van der Waals surface area contributed by atoms with Gasteiger partial charge in [-0.25, -0.2) is 4.98 Å². The molecule has 0 radical (unpaired) electrons. The van der Waals surface area contributed by atoms with Crippen molar-refractivity contribution in [2.75, 3.05) is 0 Å². The maximum absolute atomic E-state index is 4.76. The SMILES string of the molecule is c1ccc(-c2cccc(-c3[nH]nc4ccccc34)n2)cc1. The van der Waals surface area contributed by atoms with Gasteiger partial charge in [0, 0.05) is 10.9 Å². The minimum Gasteiger partial charge on any atom is -0.275 e. The molecule has 0 amide bonds. The normalized spacial score (nSPS) is 10.9. The fraction of sp³-hybridized carbons (Fsp3) is 0. The van der Waals surface area contributed by atoms with Gasteiger partial charge in [-0.1, -0.05) is 54.6 Å². The maximum atomic E-state index is 4.76. The average molecular weight is 271 g/mol. The molecule has 0 bridgehead atoms. The van der Waals surface area contributed by atoms with Crippen molar-refractivity contribution in [1.29, 1.82) is 0 Å². The van der Waals surface area contributed by atoms with E-state index in [1.165, 1.54) is 0 Å². The quantitative estimate of drug-likeness (QED) is 0.591. The van der Waals surface area contributed by atoms with Crippen LogP contribution in [0.25, 0.3) is 33.5 Å². The van der Waals surface area contributed by atoms with E-state index in [9.17, 15) is 0 Å². The molecular weight excluding hydrogens is 258 g/mol. The van der Waals surface area contributed by atoms with Gasteiger partial charge >= 0.3 is 0 Å². The summed E-state index contributed by atoms with van der Waals surface area (Å²) in [4.78, 5) is 4.76. The van der Waals surface area contributed by atoms with E-state index in [4.69, 9.17) is 4.98 Å². The molecule has 0 saturated heterocycles. The Kier molecular flexibility index (Phi) is 2.75. The number of fused-ring (bicyclic) bond motifs is 1. The monoisotopic (exact) mass is 271 g/mol. The molecule has 4 aromatic rings. The number of pyridine rings is 1. The summed E-state index contributed by atoms with van der Waals surface area (Å²) in [7, 11) is 0. The zero-order chi connectivity index (χ0) is 14.1. The lowest BCUT2D eigenvalue weighted by Crippen LogP contribution is -1.88. The van der Waals surface area contributed by atoms with Crippen molar-refractivity contribution in [3.8, 4) is 22.6 Å². The molecule has 4 rings (SSSR count). The van der Waals surface area contributed by atoms with Crippen LogP contribution in [0.4, 0.5) is 0 Å².